The second-order valence-electron chi connectivity index (χ2n) is 6.09. The molecular weight excluding hydrogens is 278 g/mol. The predicted octanol–water partition coefficient (Wildman–Crippen LogP) is 3.04. The molecule has 22 heavy (non-hydrogen) atoms. The van der Waals surface area contributed by atoms with Gasteiger partial charge in [0.1, 0.15) is 18.1 Å². The van der Waals surface area contributed by atoms with Crippen LogP contribution in [0.1, 0.15) is 44.3 Å². The van der Waals surface area contributed by atoms with Crippen molar-refractivity contribution in [1.29, 1.82) is 0 Å². The summed E-state index contributed by atoms with van der Waals surface area (Å²) in [4.78, 5) is 14.6. The molecule has 2 atom stereocenters. The van der Waals surface area contributed by atoms with Crippen molar-refractivity contribution in [3.8, 4) is 0 Å². The van der Waals surface area contributed by atoms with Crippen molar-refractivity contribution in [1.82, 2.24) is 14.7 Å². The zero-order valence-corrected chi connectivity index (χ0v) is 13.2. The van der Waals surface area contributed by atoms with Crippen molar-refractivity contribution in [2.75, 3.05) is 6.54 Å². The van der Waals surface area contributed by atoms with Crippen LogP contribution in [0.3, 0.4) is 0 Å². The van der Waals surface area contributed by atoms with E-state index in [0.29, 0.717) is 12.5 Å². The van der Waals surface area contributed by atoms with Gasteiger partial charge in [-0.05, 0) is 37.0 Å². The molecule has 0 spiro atoms. The first-order valence-corrected chi connectivity index (χ1v) is 8.03. The Hall–Kier alpha value is -2.04. The van der Waals surface area contributed by atoms with Gasteiger partial charge >= 0.3 is 0 Å². The molecule has 1 amide bonds. The summed E-state index contributed by atoms with van der Waals surface area (Å²) < 4.78 is 7.60. The fourth-order valence-corrected chi connectivity index (χ4v) is 3.10. The number of carbonyl (C=O) groups is 1. The summed E-state index contributed by atoms with van der Waals surface area (Å²) in [7, 11) is 0. The number of carbonyl (C=O) groups excluding carboxylic acids is 1. The molecular formula is C17H23N3O2. The number of aryl methyl sites for hydroxylation is 1. The largest absolute Gasteiger partial charge is 0.464 e. The first-order valence-electron chi connectivity index (χ1n) is 8.03. The number of amides is 1. The lowest BCUT2D eigenvalue weighted by atomic mass is 9.91. The van der Waals surface area contributed by atoms with E-state index in [-0.39, 0.29) is 11.9 Å². The third-order valence-corrected chi connectivity index (χ3v) is 4.40. The summed E-state index contributed by atoms with van der Waals surface area (Å²) in [6, 6.07) is 5.93. The van der Waals surface area contributed by atoms with E-state index in [1.165, 1.54) is 0 Å². The van der Waals surface area contributed by atoms with Gasteiger partial charge in [0.2, 0.25) is 5.91 Å². The Kier molecular flexibility index (Phi) is 4.32. The average molecular weight is 301 g/mol. The molecule has 3 heterocycles. The zero-order valence-electron chi connectivity index (χ0n) is 13.2. The number of nitrogens with zero attached hydrogens (tertiary/aromatic N) is 3. The summed E-state index contributed by atoms with van der Waals surface area (Å²) in [5.41, 5.74) is 0. The van der Waals surface area contributed by atoms with Crippen LogP contribution in [0.4, 0.5) is 0 Å². The van der Waals surface area contributed by atoms with Gasteiger partial charge < -0.3 is 9.32 Å². The molecule has 5 heteroatoms. The van der Waals surface area contributed by atoms with Gasteiger partial charge in [-0.1, -0.05) is 13.8 Å². The Morgan fingerprint density at radius 1 is 1.45 bits per heavy atom. The van der Waals surface area contributed by atoms with Crippen molar-refractivity contribution in [3.05, 3.63) is 42.1 Å². The summed E-state index contributed by atoms with van der Waals surface area (Å²) in [5, 5.41) is 4.13. The van der Waals surface area contributed by atoms with E-state index in [4.69, 9.17) is 4.42 Å². The van der Waals surface area contributed by atoms with Gasteiger partial charge in [-0.25, -0.2) is 0 Å². The van der Waals surface area contributed by atoms with Crippen LogP contribution in [0.15, 0.2) is 35.0 Å². The van der Waals surface area contributed by atoms with E-state index in [2.05, 4.69) is 18.9 Å². The van der Waals surface area contributed by atoms with Crippen molar-refractivity contribution >= 4 is 5.91 Å². The van der Waals surface area contributed by atoms with Crippen molar-refractivity contribution in [2.45, 2.75) is 45.7 Å². The van der Waals surface area contributed by atoms with E-state index < -0.39 is 0 Å². The summed E-state index contributed by atoms with van der Waals surface area (Å²) >= 11 is 0. The van der Waals surface area contributed by atoms with Gasteiger partial charge in [0.05, 0.1) is 6.04 Å². The first-order chi connectivity index (χ1) is 10.7. The van der Waals surface area contributed by atoms with Crippen LogP contribution in [0.5, 0.6) is 0 Å². The smallest absolute Gasteiger partial charge is 0.244 e. The minimum atomic E-state index is 0.0483. The lowest BCUT2D eigenvalue weighted by Gasteiger charge is -2.37. The van der Waals surface area contributed by atoms with E-state index in [1.54, 1.807) is 10.9 Å². The maximum atomic E-state index is 12.7. The highest BCUT2D eigenvalue weighted by molar-refractivity contribution is 5.76. The highest BCUT2D eigenvalue weighted by Gasteiger charge is 2.33. The van der Waals surface area contributed by atoms with Crippen LogP contribution >= 0.6 is 0 Å². The van der Waals surface area contributed by atoms with Crippen LogP contribution in [0.25, 0.3) is 0 Å². The van der Waals surface area contributed by atoms with Crippen molar-refractivity contribution in [2.24, 2.45) is 5.92 Å². The Bertz CT molecular complexity index is 618. The van der Waals surface area contributed by atoms with Crippen LogP contribution in [-0.2, 0) is 17.8 Å². The van der Waals surface area contributed by atoms with E-state index >= 15 is 0 Å². The number of hydrogen-bond donors (Lipinski definition) is 0. The van der Waals surface area contributed by atoms with Gasteiger partial charge in [0.25, 0.3) is 0 Å². The number of piperidine rings is 1. The van der Waals surface area contributed by atoms with E-state index in [1.807, 2.05) is 29.3 Å². The molecule has 0 radical (unpaired) electrons. The normalized spacial score (nSPS) is 22.0. The minimum absolute atomic E-state index is 0.0483. The fourth-order valence-electron chi connectivity index (χ4n) is 3.10. The van der Waals surface area contributed by atoms with Gasteiger partial charge in [-0.3, -0.25) is 9.48 Å². The molecule has 0 aliphatic carbocycles. The van der Waals surface area contributed by atoms with E-state index in [0.717, 1.165) is 37.3 Å². The van der Waals surface area contributed by atoms with Crippen molar-refractivity contribution in [3.63, 3.8) is 0 Å². The predicted molar refractivity (Wildman–Crippen MR) is 83.2 cm³/mol. The molecule has 0 saturated carbocycles. The fraction of sp³-hybridized carbons (Fsp3) is 0.529. The number of aromatic nitrogens is 2. The minimum Gasteiger partial charge on any atom is -0.464 e. The monoisotopic (exact) mass is 301 g/mol. The lowest BCUT2D eigenvalue weighted by Crippen LogP contribution is -2.42. The number of likely N-dealkylation sites (tertiary alicyclic amines) is 1. The molecule has 0 unspecified atom stereocenters. The van der Waals surface area contributed by atoms with Gasteiger partial charge in [-0.15, -0.1) is 0 Å². The second-order valence-corrected chi connectivity index (χ2v) is 6.09. The topological polar surface area (TPSA) is 51.3 Å². The quantitative estimate of drug-likeness (QED) is 0.872. The molecule has 3 rings (SSSR count). The highest BCUT2D eigenvalue weighted by Crippen LogP contribution is 2.35. The van der Waals surface area contributed by atoms with Crippen LogP contribution in [0.2, 0.25) is 0 Å². The average Bonchev–Trinajstić information content (AvgIpc) is 3.18. The van der Waals surface area contributed by atoms with Crippen LogP contribution in [0, 0.1) is 5.92 Å². The molecule has 0 bridgehead atoms. The lowest BCUT2D eigenvalue weighted by molar-refractivity contribution is -0.137. The first kappa shape index (κ1) is 14.9. The molecule has 1 saturated heterocycles. The summed E-state index contributed by atoms with van der Waals surface area (Å²) in [6.07, 6.45) is 6.40. The third-order valence-electron chi connectivity index (χ3n) is 4.40. The van der Waals surface area contributed by atoms with Crippen molar-refractivity contribution < 1.29 is 9.21 Å². The summed E-state index contributed by atoms with van der Waals surface area (Å²) in [5.74, 6) is 2.61. The third kappa shape index (κ3) is 3.08. The second kappa shape index (κ2) is 6.38. The zero-order chi connectivity index (χ0) is 15.5. The molecule has 0 aromatic carbocycles. The Morgan fingerprint density at radius 3 is 3.00 bits per heavy atom. The molecule has 1 aliphatic heterocycles. The Balaban J connectivity index is 1.78. The molecule has 1 fully saturated rings. The van der Waals surface area contributed by atoms with Gasteiger partial charge in [-0.2, -0.15) is 5.10 Å². The van der Waals surface area contributed by atoms with Gasteiger partial charge in [0.15, 0.2) is 0 Å². The molecule has 1 aliphatic rings. The Labute approximate surface area is 130 Å². The summed E-state index contributed by atoms with van der Waals surface area (Å²) in [6.45, 7) is 5.39. The number of furan rings is 1. The van der Waals surface area contributed by atoms with Crippen LogP contribution in [-0.4, -0.2) is 27.1 Å². The molecule has 118 valence electrons. The molecule has 2 aromatic rings. The standard InChI is InChI=1S/C17H23N3O2/c1-3-14-5-6-16(22-14)15-11-13(2)7-10-20(15)17(21)12-19-9-4-8-18-19/h4-6,8-9,13,15H,3,7,10-12H2,1-2H3/t13-,15+/m1/s1. The van der Waals surface area contributed by atoms with Gasteiger partial charge in [0, 0.05) is 25.4 Å². The molecule has 0 N–H and O–H groups in total. The van der Waals surface area contributed by atoms with Crippen LogP contribution < -0.4 is 0 Å². The maximum absolute atomic E-state index is 12.7. The highest BCUT2D eigenvalue weighted by atomic mass is 16.3. The van der Waals surface area contributed by atoms with E-state index in [9.17, 15) is 4.79 Å². The number of rotatable bonds is 4. The molecule has 2 aromatic heterocycles. The molecule has 5 nitrogen and oxygen atoms in total. The SMILES string of the molecule is CCc1ccc([C@@H]2C[C@H](C)CCN2C(=O)Cn2cccn2)o1. The Morgan fingerprint density at radius 2 is 2.32 bits per heavy atom. The maximum Gasteiger partial charge on any atom is 0.244 e. The number of hydrogen-bond acceptors (Lipinski definition) is 3.